The van der Waals surface area contributed by atoms with Gasteiger partial charge in [-0.05, 0) is 82.8 Å². The van der Waals surface area contributed by atoms with Gasteiger partial charge in [0, 0.05) is 25.7 Å². The Labute approximate surface area is 376 Å². The predicted octanol–water partition coefficient (Wildman–Crippen LogP) is 12.1. The van der Waals surface area contributed by atoms with Crippen molar-refractivity contribution in [1.82, 2.24) is 0 Å². The molecule has 0 aliphatic heterocycles. The SMILES string of the molecule is CCCCC/C=C\C/C=C\CC(O)/C=C\C=C\CCCC(=O)OC[C@H](COP(=O)(O)OCC[N+](C)(C)C)OC(=O)CCCCCCCCCCc1oc(CCCCC)c(C)c1C. The predicted molar refractivity (Wildman–Crippen MR) is 252 cm³/mol. The van der Waals surface area contributed by atoms with Crippen molar-refractivity contribution in [2.75, 3.05) is 47.5 Å². The van der Waals surface area contributed by atoms with Crippen LogP contribution in [0.1, 0.15) is 171 Å². The average Bonchev–Trinajstić information content (AvgIpc) is 3.48. The maximum absolute atomic E-state index is 12.8. The van der Waals surface area contributed by atoms with Crippen molar-refractivity contribution >= 4 is 19.8 Å². The third kappa shape index (κ3) is 32.0. The third-order valence-electron chi connectivity index (χ3n) is 10.6. The molecule has 62 heavy (non-hydrogen) atoms. The minimum atomic E-state index is -4.43. The van der Waals surface area contributed by atoms with Gasteiger partial charge >= 0.3 is 19.8 Å². The Hall–Kier alpha value is -2.79. The standard InChI is InChI=1S/C50H86NO10P/c1-8-10-12-13-14-15-18-22-28-33-45(52)34-29-23-21-26-31-37-49(53)57-41-46(42-59-62(55,56)58-40-39-51(5,6)7)60-50(54)38-32-25-20-17-16-19-24-30-36-48-44(4)43(3)47(61-48)35-27-11-9-2/h14-15,21-23,28-29,34,45-46,52H,8-13,16-20,24-27,30-33,35-42H2,1-7H3/p+1/b15-14-,23-21+,28-22-,34-29-/t45?,46-/m1/s1. The zero-order chi connectivity index (χ0) is 45.9. The van der Waals surface area contributed by atoms with E-state index in [4.69, 9.17) is 22.9 Å². The Morgan fingerprint density at radius 3 is 1.94 bits per heavy atom. The molecule has 0 aromatic carbocycles. The van der Waals surface area contributed by atoms with Crippen LogP contribution < -0.4 is 0 Å². The number of hydrogen-bond donors (Lipinski definition) is 2. The molecule has 0 aliphatic carbocycles. The van der Waals surface area contributed by atoms with Crippen LogP contribution in [-0.4, -0.2) is 86.1 Å². The fourth-order valence-corrected chi connectivity index (χ4v) is 7.30. The summed E-state index contributed by atoms with van der Waals surface area (Å²) >= 11 is 0. The maximum Gasteiger partial charge on any atom is 0.472 e. The molecule has 1 aromatic heterocycles. The monoisotopic (exact) mass is 893 g/mol. The molecule has 0 bridgehead atoms. The number of rotatable bonds is 39. The largest absolute Gasteiger partial charge is 0.472 e. The lowest BCUT2D eigenvalue weighted by molar-refractivity contribution is -0.870. The molecule has 2 N–H and O–H groups in total. The van der Waals surface area contributed by atoms with Crippen molar-refractivity contribution < 1.29 is 51.6 Å². The Morgan fingerprint density at radius 2 is 1.27 bits per heavy atom. The van der Waals surface area contributed by atoms with Crippen LogP contribution in [-0.2, 0) is 45.5 Å². The zero-order valence-corrected chi connectivity index (χ0v) is 40.8. The van der Waals surface area contributed by atoms with Crippen LogP contribution in [0.5, 0.6) is 0 Å². The summed E-state index contributed by atoms with van der Waals surface area (Å²) in [4.78, 5) is 35.5. The number of aliphatic hydroxyl groups is 1. The number of carbonyl (C=O) groups excluding carboxylic acids is 2. The molecule has 0 saturated heterocycles. The van der Waals surface area contributed by atoms with Crippen LogP contribution in [0.3, 0.4) is 0 Å². The average molecular weight is 893 g/mol. The lowest BCUT2D eigenvalue weighted by Gasteiger charge is -2.24. The number of phosphoric ester groups is 1. The molecule has 1 aromatic rings. The minimum Gasteiger partial charge on any atom is -0.466 e. The number of likely N-dealkylation sites (N-methyl/N-ethyl adjacent to an activating group) is 1. The van der Waals surface area contributed by atoms with E-state index in [1.807, 2.05) is 39.4 Å². The van der Waals surface area contributed by atoms with Gasteiger partial charge in [-0.3, -0.25) is 18.6 Å². The molecule has 0 aliphatic rings. The molecule has 1 heterocycles. The van der Waals surface area contributed by atoms with E-state index in [1.54, 1.807) is 12.2 Å². The van der Waals surface area contributed by atoms with Gasteiger partial charge in [-0.1, -0.05) is 127 Å². The first-order valence-corrected chi connectivity index (χ1v) is 25.3. The summed E-state index contributed by atoms with van der Waals surface area (Å²) in [5.41, 5.74) is 2.64. The Bertz CT molecular complexity index is 1490. The van der Waals surface area contributed by atoms with E-state index in [1.165, 1.54) is 68.3 Å². The molecule has 3 atom stereocenters. The Balaban J connectivity index is 2.41. The molecular weight excluding hydrogens is 806 g/mol. The fourth-order valence-electron chi connectivity index (χ4n) is 6.56. The van der Waals surface area contributed by atoms with Gasteiger partial charge in [0.25, 0.3) is 0 Å². The summed E-state index contributed by atoms with van der Waals surface area (Å²) in [7, 11) is 1.37. The number of allylic oxidation sites excluding steroid dienone is 6. The van der Waals surface area contributed by atoms with Crippen molar-refractivity contribution in [1.29, 1.82) is 0 Å². The van der Waals surface area contributed by atoms with Gasteiger partial charge in [-0.25, -0.2) is 4.57 Å². The van der Waals surface area contributed by atoms with E-state index < -0.39 is 38.6 Å². The smallest absolute Gasteiger partial charge is 0.466 e. The van der Waals surface area contributed by atoms with E-state index in [0.717, 1.165) is 63.5 Å². The first-order valence-electron chi connectivity index (χ1n) is 23.8. The molecule has 1 rings (SSSR count). The van der Waals surface area contributed by atoms with Crippen LogP contribution in [0.15, 0.2) is 53.0 Å². The van der Waals surface area contributed by atoms with E-state index in [0.29, 0.717) is 36.7 Å². The molecule has 0 fully saturated rings. The topological polar surface area (TPSA) is 142 Å². The number of nitrogens with zero attached hydrogens (tertiary/aromatic N) is 1. The summed E-state index contributed by atoms with van der Waals surface area (Å²) in [5, 5.41) is 10.2. The molecule has 2 unspecified atom stereocenters. The number of furan rings is 1. The second kappa shape index (κ2) is 35.5. The summed E-state index contributed by atoms with van der Waals surface area (Å²) in [6.45, 7) is 8.52. The number of carbonyl (C=O) groups is 2. The van der Waals surface area contributed by atoms with E-state index in [2.05, 4.69) is 45.9 Å². The lowest BCUT2D eigenvalue weighted by Crippen LogP contribution is -2.37. The highest BCUT2D eigenvalue weighted by Gasteiger charge is 2.27. The summed E-state index contributed by atoms with van der Waals surface area (Å²) in [6, 6.07) is 0. The van der Waals surface area contributed by atoms with Gasteiger partial charge in [0.05, 0.1) is 33.9 Å². The first kappa shape index (κ1) is 57.2. The van der Waals surface area contributed by atoms with E-state index in [9.17, 15) is 24.2 Å². The minimum absolute atomic E-state index is 0.000622. The Kier molecular flexibility index (Phi) is 32.8. The van der Waals surface area contributed by atoms with E-state index in [-0.39, 0.29) is 26.1 Å². The molecule has 0 saturated carbocycles. The number of aryl methyl sites for hydroxylation is 2. The van der Waals surface area contributed by atoms with Crippen molar-refractivity contribution in [3.63, 3.8) is 0 Å². The van der Waals surface area contributed by atoms with Crippen LogP contribution in [0.25, 0.3) is 0 Å². The van der Waals surface area contributed by atoms with Crippen LogP contribution in [0, 0.1) is 13.8 Å². The number of ether oxygens (including phenoxy) is 2. The quantitative estimate of drug-likeness (QED) is 0.0164. The third-order valence-corrected chi connectivity index (χ3v) is 11.6. The zero-order valence-electron chi connectivity index (χ0n) is 39.9. The molecule has 11 nitrogen and oxygen atoms in total. The normalized spacial score (nSPS) is 14.4. The molecule has 0 amide bonds. The van der Waals surface area contributed by atoms with Gasteiger partial charge in [-0.2, -0.15) is 0 Å². The number of quaternary nitrogens is 1. The number of phosphoric acid groups is 1. The van der Waals surface area contributed by atoms with Gasteiger partial charge in [0.2, 0.25) is 0 Å². The van der Waals surface area contributed by atoms with Crippen molar-refractivity contribution in [3.8, 4) is 0 Å². The lowest BCUT2D eigenvalue weighted by atomic mass is 10.0. The van der Waals surface area contributed by atoms with Crippen LogP contribution in [0.4, 0.5) is 0 Å². The molecule has 12 heteroatoms. The van der Waals surface area contributed by atoms with E-state index >= 15 is 0 Å². The van der Waals surface area contributed by atoms with Gasteiger partial charge < -0.3 is 28.4 Å². The summed E-state index contributed by atoms with van der Waals surface area (Å²) < 4.78 is 40.5. The highest BCUT2D eigenvalue weighted by Crippen LogP contribution is 2.43. The highest BCUT2D eigenvalue weighted by atomic mass is 31.2. The summed E-state index contributed by atoms with van der Waals surface area (Å²) in [5.74, 6) is 1.37. The Morgan fingerprint density at radius 1 is 0.694 bits per heavy atom. The number of unbranched alkanes of at least 4 members (excludes halogenated alkanes) is 13. The first-order chi connectivity index (χ1) is 29.7. The number of esters is 2. The van der Waals surface area contributed by atoms with Crippen LogP contribution >= 0.6 is 7.82 Å². The molecule has 0 radical (unpaired) electrons. The molecule has 356 valence electrons. The maximum atomic E-state index is 12.8. The summed E-state index contributed by atoms with van der Waals surface area (Å²) in [6.07, 6.45) is 35.8. The fraction of sp³-hybridized carbons (Fsp3) is 0.720. The van der Waals surface area contributed by atoms with Gasteiger partial charge in [0.15, 0.2) is 6.10 Å². The number of aliphatic hydroxyl groups excluding tert-OH is 1. The second-order valence-electron chi connectivity index (χ2n) is 17.6. The van der Waals surface area contributed by atoms with Crippen LogP contribution in [0.2, 0.25) is 0 Å². The van der Waals surface area contributed by atoms with Crippen molar-refractivity contribution in [3.05, 3.63) is 71.3 Å². The highest BCUT2D eigenvalue weighted by molar-refractivity contribution is 7.47. The van der Waals surface area contributed by atoms with Crippen molar-refractivity contribution in [2.24, 2.45) is 0 Å². The van der Waals surface area contributed by atoms with Crippen molar-refractivity contribution in [2.45, 2.75) is 188 Å². The van der Waals surface area contributed by atoms with Gasteiger partial charge in [0.1, 0.15) is 31.3 Å². The molecular formula is C50H87NO10P+. The number of hydrogen-bond acceptors (Lipinski definition) is 9. The van der Waals surface area contributed by atoms with Gasteiger partial charge in [-0.15, -0.1) is 0 Å². The molecule has 0 spiro atoms. The second-order valence-corrected chi connectivity index (χ2v) is 19.0.